The van der Waals surface area contributed by atoms with Crippen molar-refractivity contribution in [3.8, 4) is 6.07 Å². The molecule has 0 bridgehead atoms. The van der Waals surface area contributed by atoms with Gasteiger partial charge in [-0.3, -0.25) is 4.98 Å². The lowest BCUT2D eigenvalue weighted by Crippen LogP contribution is -2.44. The zero-order chi connectivity index (χ0) is 13.2. The molecule has 0 atom stereocenters. The highest BCUT2D eigenvalue weighted by Crippen LogP contribution is 2.34. The van der Waals surface area contributed by atoms with Gasteiger partial charge < -0.3 is 10.0 Å². The predicted octanol–water partition coefficient (Wildman–Crippen LogP) is 2.38. The van der Waals surface area contributed by atoms with Crippen molar-refractivity contribution in [3.05, 3.63) is 28.5 Å². The van der Waals surface area contributed by atoms with Crippen LogP contribution < -0.4 is 0 Å². The van der Waals surface area contributed by atoms with Gasteiger partial charge in [0.05, 0.1) is 11.8 Å². The van der Waals surface area contributed by atoms with E-state index >= 15 is 0 Å². The number of piperidine rings is 1. The van der Waals surface area contributed by atoms with E-state index in [1.165, 1.54) is 4.90 Å². The summed E-state index contributed by atoms with van der Waals surface area (Å²) < 4.78 is 0.878. The fourth-order valence-corrected chi connectivity index (χ4v) is 2.51. The number of carbonyl (C=O) groups is 1. The van der Waals surface area contributed by atoms with Crippen molar-refractivity contribution < 1.29 is 9.90 Å². The number of aromatic nitrogens is 1. The van der Waals surface area contributed by atoms with Crippen LogP contribution in [0.25, 0.3) is 0 Å². The summed E-state index contributed by atoms with van der Waals surface area (Å²) in [6.07, 6.45) is 1.70. The van der Waals surface area contributed by atoms with Crippen LogP contribution in [-0.4, -0.2) is 34.2 Å². The Kier molecular flexibility index (Phi) is 3.53. The van der Waals surface area contributed by atoms with Gasteiger partial charge in [0.1, 0.15) is 5.41 Å². The maximum Gasteiger partial charge on any atom is 0.407 e. The minimum absolute atomic E-state index is 0.372. The van der Waals surface area contributed by atoms with Crippen LogP contribution in [0.1, 0.15) is 18.5 Å². The molecule has 5 nitrogen and oxygen atoms in total. The van der Waals surface area contributed by atoms with E-state index in [0.717, 1.165) is 4.47 Å². The van der Waals surface area contributed by atoms with Crippen molar-refractivity contribution in [2.45, 2.75) is 18.3 Å². The quantitative estimate of drug-likeness (QED) is 0.864. The average molecular weight is 310 g/mol. The molecule has 1 aromatic rings. The number of likely N-dealkylation sites (tertiary alicyclic amines) is 1. The van der Waals surface area contributed by atoms with Gasteiger partial charge in [-0.1, -0.05) is 15.9 Å². The Morgan fingerprint density at radius 2 is 2.22 bits per heavy atom. The van der Waals surface area contributed by atoms with Gasteiger partial charge in [0.25, 0.3) is 0 Å². The molecule has 0 radical (unpaired) electrons. The van der Waals surface area contributed by atoms with Crippen molar-refractivity contribution in [2.24, 2.45) is 0 Å². The van der Waals surface area contributed by atoms with E-state index in [1.54, 1.807) is 12.3 Å². The highest BCUT2D eigenvalue weighted by Gasteiger charge is 2.39. The van der Waals surface area contributed by atoms with Gasteiger partial charge in [-0.2, -0.15) is 5.26 Å². The van der Waals surface area contributed by atoms with E-state index < -0.39 is 11.5 Å². The Morgan fingerprint density at radius 1 is 1.56 bits per heavy atom. The first kappa shape index (κ1) is 12.8. The number of nitrogens with zero attached hydrogens (tertiary/aromatic N) is 3. The Morgan fingerprint density at radius 3 is 2.72 bits per heavy atom. The molecule has 1 saturated heterocycles. The van der Waals surface area contributed by atoms with Crippen LogP contribution in [0.2, 0.25) is 0 Å². The number of amides is 1. The molecule has 0 aliphatic carbocycles. The summed E-state index contributed by atoms with van der Waals surface area (Å²) in [6, 6.07) is 5.96. The van der Waals surface area contributed by atoms with Gasteiger partial charge >= 0.3 is 6.09 Å². The molecule has 2 rings (SSSR count). The molecule has 6 heteroatoms. The normalized spacial score (nSPS) is 18.1. The number of halogens is 1. The number of carboxylic acid groups (broad SMARTS) is 1. The summed E-state index contributed by atoms with van der Waals surface area (Å²) in [7, 11) is 0. The zero-order valence-corrected chi connectivity index (χ0v) is 11.2. The lowest BCUT2D eigenvalue weighted by Gasteiger charge is -2.35. The third-order valence-corrected chi connectivity index (χ3v) is 3.81. The highest BCUT2D eigenvalue weighted by atomic mass is 79.9. The molecule has 1 aromatic heterocycles. The summed E-state index contributed by atoms with van der Waals surface area (Å²) in [5.74, 6) is 0. The molecule has 1 aliphatic rings. The average Bonchev–Trinajstić information content (AvgIpc) is 2.38. The van der Waals surface area contributed by atoms with Gasteiger partial charge in [0.15, 0.2) is 0 Å². The van der Waals surface area contributed by atoms with Crippen LogP contribution >= 0.6 is 15.9 Å². The Balaban J connectivity index is 2.25. The summed E-state index contributed by atoms with van der Waals surface area (Å²) in [6.45, 7) is 0.744. The van der Waals surface area contributed by atoms with E-state index in [4.69, 9.17) is 5.11 Å². The van der Waals surface area contributed by atoms with E-state index in [2.05, 4.69) is 27.0 Å². The number of pyridine rings is 1. The van der Waals surface area contributed by atoms with Gasteiger partial charge in [0, 0.05) is 23.8 Å². The largest absolute Gasteiger partial charge is 0.465 e. The number of rotatable bonds is 1. The summed E-state index contributed by atoms with van der Waals surface area (Å²) in [5.41, 5.74) is 0.0415. The Labute approximate surface area is 113 Å². The molecular weight excluding hydrogens is 298 g/mol. The Hall–Kier alpha value is -1.61. The molecule has 0 unspecified atom stereocenters. The zero-order valence-electron chi connectivity index (χ0n) is 9.64. The summed E-state index contributed by atoms with van der Waals surface area (Å²) >= 11 is 3.36. The van der Waals surface area contributed by atoms with Crippen LogP contribution in [0.3, 0.4) is 0 Å². The van der Waals surface area contributed by atoms with Crippen LogP contribution in [-0.2, 0) is 5.41 Å². The van der Waals surface area contributed by atoms with Crippen molar-refractivity contribution in [2.75, 3.05) is 13.1 Å². The van der Waals surface area contributed by atoms with E-state index in [0.29, 0.717) is 31.6 Å². The smallest absolute Gasteiger partial charge is 0.407 e. The third-order valence-electron chi connectivity index (χ3n) is 3.31. The summed E-state index contributed by atoms with van der Waals surface area (Å²) in [4.78, 5) is 16.5. The molecule has 18 heavy (non-hydrogen) atoms. The molecule has 1 amide bonds. The maximum atomic E-state index is 10.9. The second-order valence-electron chi connectivity index (χ2n) is 4.32. The molecule has 1 fully saturated rings. The van der Waals surface area contributed by atoms with Gasteiger partial charge in [-0.25, -0.2) is 4.79 Å². The van der Waals surface area contributed by atoms with E-state index in [9.17, 15) is 10.1 Å². The van der Waals surface area contributed by atoms with Crippen molar-refractivity contribution in [1.82, 2.24) is 9.88 Å². The standard InChI is InChI=1S/C12H12BrN3O2/c13-9-1-4-15-10(7-9)12(8-14)2-5-16(6-3-12)11(17)18/h1,4,7H,2-3,5-6H2,(H,17,18). The number of hydrogen-bond acceptors (Lipinski definition) is 3. The Bertz CT molecular complexity index is 504. The monoisotopic (exact) mass is 309 g/mol. The minimum atomic E-state index is -0.927. The maximum absolute atomic E-state index is 10.9. The van der Waals surface area contributed by atoms with Crippen LogP contribution in [0.5, 0.6) is 0 Å². The second-order valence-corrected chi connectivity index (χ2v) is 5.24. The van der Waals surface area contributed by atoms with Gasteiger partial charge in [0.2, 0.25) is 0 Å². The molecule has 1 aliphatic heterocycles. The lowest BCUT2D eigenvalue weighted by molar-refractivity contribution is 0.124. The van der Waals surface area contributed by atoms with Crippen LogP contribution in [0, 0.1) is 11.3 Å². The lowest BCUT2D eigenvalue weighted by atomic mass is 9.77. The fourth-order valence-electron chi connectivity index (χ4n) is 2.17. The molecule has 94 valence electrons. The SMILES string of the molecule is N#CC1(c2cc(Br)ccn2)CCN(C(=O)O)CC1. The number of hydrogen-bond donors (Lipinski definition) is 1. The highest BCUT2D eigenvalue weighted by molar-refractivity contribution is 9.10. The van der Waals surface area contributed by atoms with Crippen molar-refractivity contribution in [3.63, 3.8) is 0 Å². The first-order valence-corrected chi connectivity index (χ1v) is 6.38. The molecule has 1 N–H and O–H groups in total. The van der Waals surface area contributed by atoms with Crippen LogP contribution in [0.4, 0.5) is 4.79 Å². The second kappa shape index (κ2) is 4.94. The minimum Gasteiger partial charge on any atom is -0.465 e. The van der Waals surface area contributed by atoms with Crippen molar-refractivity contribution in [1.29, 1.82) is 5.26 Å². The van der Waals surface area contributed by atoms with Crippen molar-refractivity contribution >= 4 is 22.0 Å². The molecule has 2 heterocycles. The number of nitriles is 1. The molecule has 0 saturated carbocycles. The van der Waals surface area contributed by atoms with Crippen LogP contribution in [0.15, 0.2) is 22.8 Å². The predicted molar refractivity (Wildman–Crippen MR) is 68.1 cm³/mol. The first-order chi connectivity index (χ1) is 8.57. The van der Waals surface area contributed by atoms with Gasteiger partial charge in [-0.15, -0.1) is 0 Å². The first-order valence-electron chi connectivity index (χ1n) is 5.58. The summed E-state index contributed by atoms with van der Waals surface area (Å²) in [5, 5.41) is 18.4. The molecule has 0 aromatic carbocycles. The fraction of sp³-hybridized carbons (Fsp3) is 0.417. The molecule has 0 spiro atoms. The third kappa shape index (κ3) is 2.31. The van der Waals surface area contributed by atoms with E-state index in [1.807, 2.05) is 6.07 Å². The topological polar surface area (TPSA) is 77.2 Å². The van der Waals surface area contributed by atoms with E-state index in [-0.39, 0.29) is 0 Å². The van der Waals surface area contributed by atoms with Gasteiger partial charge in [-0.05, 0) is 25.0 Å². The molecular formula is C12H12BrN3O2.